The standard InChI is InChI=1S/C26H20ClN3O4S/c1-35(33,34)23-9-5-3-6-20(23)17-10-12-18(13-11-17)26(32)30(24-15-14-19(27)16-29-24)22-8-4-2-7-21(22)25(28)31/h2-16H,1H3,(H2,28,31). The van der Waals surface area contributed by atoms with Crippen molar-refractivity contribution in [1.82, 2.24) is 4.98 Å². The second kappa shape index (κ2) is 9.69. The quantitative estimate of drug-likeness (QED) is 0.401. The molecule has 35 heavy (non-hydrogen) atoms. The van der Waals surface area contributed by atoms with Gasteiger partial charge in [0.2, 0.25) is 0 Å². The number of rotatable bonds is 6. The van der Waals surface area contributed by atoms with Gasteiger partial charge in [0.05, 0.1) is 21.2 Å². The molecule has 0 aliphatic carbocycles. The van der Waals surface area contributed by atoms with Crippen LogP contribution in [-0.2, 0) is 9.84 Å². The predicted molar refractivity (Wildman–Crippen MR) is 136 cm³/mol. The number of carbonyl (C=O) groups is 2. The largest absolute Gasteiger partial charge is 0.366 e. The molecule has 4 rings (SSSR count). The highest BCUT2D eigenvalue weighted by atomic mass is 35.5. The van der Waals surface area contributed by atoms with Gasteiger partial charge in [-0.1, -0.05) is 54.1 Å². The first kappa shape index (κ1) is 24.1. The van der Waals surface area contributed by atoms with Crippen LogP contribution >= 0.6 is 11.6 Å². The third-order valence-electron chi connectivity index (χ3n) is 5.28. The number of para-hydroxylation sites is 1. The van der Waals surface area contributed by atoms with Crippen molar-refractivity contribution in [2.24, 2.45) is 5.73 Å². The number of benzene rings is 3. The molecule has 2 amide bonds. The van der Waals surface area contributed by atoms with Gasteiger partial charge in [0, 0.05) is 23.6 Å². The number of nitrogens with zero attached hydrogens (tertiary/aromatic N) is 2. The van der Waals surface area contributed by atoms with Crippen LogP contribution in [0.1, 0.15) is 20.7 Å². The van der Waals surface area contributed by atoms with Crippen LogP contribution < -0.4 is 10.6 Å². The number of halogens is 1. The lowest BCUT2D eigenvalue weighted by Gasteiger charge is -2.24. The van der Waals surface area contributed by atoms with E-state index in [1.807, 2.05) is 0 Å². The monoisotopic (exact) mass is 505 g/mol. The molecule has 0 fully saturated rings. The van der Waals surface area contributed by atoms with Gasteiger partial charge in [-0.05, 0) is 48.0 Å². The van der Waals surface area contributed by atoms with Crippen LogP contribution in [0.25, 0.3) is 11.1 Å². The summed E-state index contributed by atoms with van der Waals surface area (Å²) >= 11 is 5.98. The van der Waals surface area contributed by atoms with Gasteiger partial charge in [0.15, 0.2) is 9.84 Å². The molecule has 7 nitrogen and oxygen atoms in total. The Morgan fingerprint density at radius 1 is 0.886 bits per heavy atom. The first-order valence-electron chi connectivity index (χ1n) is 10.4. The Kier molecular flexibility index (Phi) is 6.68. The molecular formula is C26H20ClN3O4S. The van der Waals surface area contributed by atoms with Gasteiger partial charge >= 0.3 is 0 Å². The first-order valence-corrected chi connectivity index (χ1v) is 12.7. The minimum Gasteiger partial charge on any atom is -0.366 e. The van der Waals surface area contributed by atoms with E-state index in [1.165, 1.54) is 17.2 Å². The number of carbonyl (C=O) groups excluding carboxylic acids is 2. The van der Waals surface area contributed by atoms with Gasteiger partial charge in [-0.25, -0.2) is 13.4 Å². The zero-order valence-electron chi connectivity index (χ0n) is 18.6. The van der Waals surface area contributed by atoms with Crippen LogP contribution in [-0.4, -0.2) is 31.5 Å². The molecule has 0 aliphatic rings. The van der Waals surface area contributed by atoms with E-state index in [4.69, 9.17) is 17.3 Å². The van der Waals surface area contributed by atoms with Crippen molar-refractivity contribution < 1.29 is 18.0 Å². The molecule has 0 radical (unpaired) electrons. The number of aromatic nitrogens is 1. The molecular weight excluding hydrogens is 486 g/mol. The Balaban J connectivity index is 1.79. The minimum atomic E-state index is -3.45. The van der Waals surface area contributed by atoms with E-state index in [1.54, 1.807) is 78.9 Å². The number of primary amides is 1. The Labute approximate surface area is 207 Å². The molecule has 0 aliphatic heterocycles. The van der Waals surface area contributed by atoms with Crippen LogP contribution in [0.2, 0.25) is 5.02 Å². The van der Waals surface area contributed by atoms with Crippen LogP contribution in [0.5, 0.6) is 0 Å². The average molecular weight is 506 g/mol. The van der Waals surface area contributed by atoms with Crippen LogP contribution in [0.3, 0.4) is 0 Å². The van der Waals surface area contributed by atoms with Gasteiger partial charge in [0.1, 0.15) is 5.82 Å². The maximum Gasteiger partial charge on any atom is 0.264 e. The van der Waals surface area contributed by atoms with Gasteiger partial charge in [-0.2, -0.15) is 0 Å². The lowest BCUT2D eigenvalue weighted by molar-refractivity contribution is 0.0998. The summed E-state index contributed by atoms with van der Waals surface area (Å²) in [5.41, 5.74) is 7.44. The van der Waals surface area contributed by atoms with Gasteiger partial charge in [-0.3, -0.25) is 14.5 Å². The molecule has 0 unspecified atom stereocenters. The van der Waals surface area contributed by atoms with Crippen LogP contribution in [0, 0.1) is 0 Å². The summed E-state index contributed by atoms with van der Waals surface area (Å²) in [5, 5.41) is 0.387. The van der Waals surface area contributed by atoms with Crippen molar-refractivity contribution in [1.29, 1.82) is 0 Å². The normalized spacial score (nSPS) is 11.1. The molecule has 2 N–H and O–H groups in total. The topological polar surface area (TPSA) is 110 Å². The highest BCUT2D eigenvalue weighted by molar-refractivity contribution is 7.90. The fourth-order valence-corrected chi connectivity index (χ4v) is 4.69. The van der Waals surface area contributed by atoms with Crippen molar-refractivity contribution in [3.8, 4) is 11.1 Å². The zero-order chi connectivity index (χ0) is 25.2. The van der Waals surface area contributed by atoms with Crippen LogP contribution in [0.15, 0.2) is 96.0 Å². The maximum atomic E-state index is 13.7. The zero-order valence-corrected chi connectivity index (χ0v) is 20.1. The number of amides is 2. The molecule has 0 bridgehead atoms. The van der Waals surface area contributed by atoms with Gasteiger partial charge < -0.3 is 5.73 Å². The van der Waals surface area contributed by atoms with Crippen molar-refractivity contribution in [3.63, 3.8) is 0 Å². The number of anilines is 2. The average Bonchev–Trinajstić information content (AvgIpc) is 2.85. The molecule has 0 atom stereocenters. The molecule has 0 saturated carbocycles. The summed E-state index contributed by atoms with van der Waals surface area (Å²) in [6, 6.07) is 22.8. The lowest BCUT2D eigenvalue weighted by Crippen LogP contribution is -2.29. The second-order valence-electron chi connectivity index (χ2n) is 7.70. The van der Waals surface area contributed by atoms with Crippen molar-refractivity contribution in [2.75, 3.05) is 11.2 Å². The Morgan fingerprint density at radius 2 is 1.54 bits per heavy atom. The molecule has 1 aromatic heterocycles. The second-order valence-corrected chi connectivity index (χ2v) is 10.1. The molecule has 9 heteroatoms. The van der Waals surface area contributed by atoms with E-state index in [-0.39, 0.29) is 22.0 Å². The Morgan fingerprint density at radius 3 is 2.17 bits per heavy atom. The predicted octanol–water partition coefficient (Wildman–Crippen LogP) is 4.88. The van der Waals surface area contributed by atoms with E-state index in [9.17, 15) is 18.0 Å². The number of hydrogen-bond donors (Lipinski definition) is 1. The van der Waals surface area contributed by atoms with E-state index in [0.717, 1.165) is 6.26 Å². The minimum absolute atomic E-state index is 0.149. The molecule has 4 aromatic rings. The summed E-state index contributed by atoms with van der Waals surface area (Å²) in [6.45, 7) is 0. The SMILES string of the molecule is CS(=O)(=O)c1ccccc1-c1ccc(C(=O)N(c2ccc(Cl)cn2)c2ccccc2C(N)=O)cc1. The summed E-state index contributed by atoms with van der Waals surface area (Å²) in [4.78, 5) is 31.5. The summed E-state index contributed by atoms with van der Waals surface area (Å²) < 4.78 is 24.4. The summed E-state index contributed by atoms with van der Waals surface area (Å²) in [5.74, 6) is -0.906. The number of sulfone groups is 1. The van der Waals surface area contributed by atoms with E-state index >= 15 is 0 Å². The van der Waals surface area contributed by atoms with Gasteiger partial charge in [0.25, 0.3) is 11.8 Å². The smallest absolute Gasteiger partial charge is 0.264 e. The van der Waals surface area contributed by atoms with E-state index < -0.39 is 21.7 Å². The molecule has 1 heterocycles. The Hall–Kier alpha value is -4.01. The highest BCUT2D eigenvalue weighted by Gasteiger charge is 2.25. The molecule has 3 aromatic carbocycles. The fraction of sp³-hybridized carbons (Fsp3) is 0.0385. The maximum absolute atomic E-state index is 13.7. The van der Waals surface area contributed by atoms with Gasteiger partial charge in [-0.15, -0.1) is 0 Å². The van der Waals surface area contributed by atoms with Crippen molar-refractivity contribution in [2.45, 2.75) is 4.90 Å². The number of pyridine rings is 1. The van der Waals surface area contributed by atoms with Crippen molar-refractivity contribution >= 4 is 44.8 Å². The summed E-state index contributed by atoms with van der Waals surface area (Å²) in [6.07, 6.45) is 2.55. The Bertz CT molecular complexity index is 1520. The number of nitrogens with two attached hydrogens (primary N) is 1. The van der Waals surface area contributed by atoms with E-state index in [0.29, 0.717) is 21.7 Å². The third kappa shape index (κ3) is 5.08. The van der Waals surface area contributed by atoms with Crippen molar-refractivity contribution in [3.05, 3.63) is 107 Å². The lowest BCUT2D eigenvalue weighted by atomic mass is 10.0. The first-order chi connectivity index (χ1) is 16.7. The third-order valence-corrected chi connectivity index (χ3v) is 6.66. The highest BCUT2D eigenvalue weighted by Crippen LogP contribution is 2.31. The van der Waals surface area contributed by atoms with E-state index in [2.05, 4.69) is 4.98 Å². The summed E-state index contributed by atoms with van der Waals surface area (Å²) in [7, 11) is -3.45. The molecule has 0 saturated heterocycles. The molecule has 0 spiro atoms. The van der Waals surface area contributed by atoms with Crippen LogP contribution in [0.4, 0.5) is 11.5 Å². The molecule has 176 valence electrons. The number of hydrogen-bond acceptors (Lipinski definition) is 5. The fourth-order valence-electron chi connectivity index (χ4n) is 3.66.